The SMILES string of the molecule is O=C([C@H]1CCCO1)N1CC[C@@]2(CCN(Cc3cccc(F)c3)C2=O)C1. The summed E-state index contributed by atoms with van der Waals surface area (Å²) >= 11 is 0. The lowest BCUT2D eigenvalue weighted by Crippen LogP contribution is -2.41. The Kier molecular flexibility index (Phi) is 4.23. The van der Waals surface area contributed by atoms with Gasteiger partial charge in [-0.2, -0.15) is 0 Å². The number of nitrogens with zero attached hydrogens (tertiary/aromatic N) is 2. The highest BCUT2D eigenvalue weighted by Crippen LogP contribution is 2.41. The fourth-order valence-electron chi connectivity index (χ4n) is 4.31. The maximum Gasteiger partial charge on any atom is 0.251 e. The monoisotopic (exact) mass is 346 g/mol. The average Bonchev–Trinajstić information content (AvgIpc) is 3.33. The molecule has 3 aliphatic heterocycles. The van der Waals surface area contributed by atoms with Crippen LogP contribution < -0.4 is 0 Å². The van der Waals surface area contributed by atoms with Crippen LogP contribution in [0.25, 0.3) is 0 Å². The van der Waals surface area contributed by atoms with Crippen molar-refractivity contribution in [3.8, 4) is 0 Å². The van der Waals surface area contributed by atoms with E-state index in [4.69, 9.17) is 4.74 Å². The van der Waals surface area contributed by atoms with Gasteiger partial charge in [0.05, 0.1) is 5.41 Å². The van der Waals surface area contributed by atoms with Crippen molar-refractivity contribution in [1.29, 1.82) is 0 Å². The van der Waals surface area contributed by atoms with Crippen LogP contribution in [-0.2, 0) is 20.9 Å². The molecule has 25 heavy (non-hydrogen) atoms. The number of rotatable bonds is 3. The first kappa shape index (κ1) is 16.5. The number of carbonyl (C=O) groups is 2. The third kappa shape index (κ3) is 3.03. The molecule has 134 valence electrons. The molecule has 0 aliphatic carbocycles. The van der Waals surface area contributed by atoms with Gasteiger partial charge in [0.25, 0.3) is 5.91 Å². The third-order valence-electron chi connectivity index (χ3n) is 5.73. The number of benzene rings is 1. The smallest absolute Gasteiger partial charge is 0.251 e. The van der Waals surface area contributed by atoms with Crippen molar-refractivity contribution in [2.24, 2.45) is 5.41 Å². The number of hydrogen-bond acceptors (Lipinski definition) is 3. The minimum atomic E-state index is -0.457. The summed E-state index contributed by atoms with van der Waals surface area (Å²) in [6, 6.07) is 6.38. The molecule has 3 aliphatic rings. The van der Waals surface area contributed by atoms with Crippen LogP contribution in [0.1, 0.15) is 31.2 Å². The molecule has 0 bridgehead atoms. The lowest BCUT2D eigenvalue weighted by Gasteiger charge is -2.25. The highest BCUT2D eigenvalue weighted by Gasteiger charge is 2.52. The molecule has 6 heteroatoms. The van der Waals surface area contributed by atoms with E-state index in [0.717, 1.165) is 24.8 Å². The van der Waals surface area contributed by atoms with Gasteiger partial charge >= 0.3 is 0 Å². The zero-order chi connectivity index (χ0) is 17.4. The van der Waals surface area contributed by atoms with Crippen LogP contribution >= 0.6 is 0 Å². The Labute approximate surface area is 146 Å². The molecule has 0 radical (unpaired) electrons. The van der Waals surface area contributed by atoms with E-state index in [0.29, 0.717) is 39.2 Å². The van der Waals surface area contributed by atoms with Gasteiger partial charge in [-0.05, 0) is 43.4 Å². The van der Waals surface area contributed by atoms with E-state index in [-0.39, 0.29) is 23.7 Å². The Morgan fingerprint density at radius 2 is 2.16 bits per heavy atom. The molecule has 3 saturated heterocycles. The number of halogens is 1. The maximum absolute atomic E-state index is 13.4. The first-order valence-corrected chi connectivity index (χ1v) is 9.02. The molecule has 3 heterocycles. The third-order valence-corrected chi connectivity index (χ3v) is 5.73. The maximum atomic E-state index is 13.4. The van der Waals surface area contributed by atoms with Crippen LogP contribution in [-0.4, -0.2) is 54.0 Å². The van der Waals surface area contributed by atoms with Gasteiger partial charge in [-0.15, -0.1) is 0 Å². The van der Waals surface area contributed by atoms with Crippen LogP contribution in [0.3, 0.4) is 0 Å². The second-order valence-corrected chi connectivity index (χ2v) is 7.40. The largest absolute Gasteiger partial charge is 0.368 e. The standard InChI is InChI=1S/C19H23FN2O3/c20-15-4-1-3-14(11-15)12-21-8-6-19(18(21)24)7-9-22(13-19)17(23)16-5-2-10-25-16/h1,3-4,11,16H,2,5-10,12-13H2/t16-,19+/m1/s1. The summed E-state index contributed by atoms with van der Waals surface area (Å²) in [4.78, 5) is 29.1. The molecule has 0 aromatic heterocycles. The van der Waals surface area contributed by atoms with E-state index >= 15 is 0 Å². The number of ether oxygens (including phenoxy) is 1. The van der Waals surface area contributed by atoms with Crippen LogP contribution in [0.5, 0.6) is 0 Å². The average molecular weight is 346 g/mol. The van der Waals surface area contributed by atoms with Gasteiger partial charge in [-0.25, -0.2) is 4.39 Å². The topological polar surface area (TPSA) is 49.9 Å². The molecule has 0 N–H and O–H groups in total. The van der Waals surface area contributed by atoms with Crippen molar-refractivity contribution in [3.63, 3.8) is 0 Å². The molecule has 3 fully saturated rings. The summed E-state index contributed by atoms with van der Waals surface area (Å²) in [6.07, 6.45) is 2.85. The van der Waals surface area contributed by atoms with E-state index in [1.54, 1.807) is 15.9 Å². The van der Waals surface area contributed by atoms with Gasteiger partial charge < -0.3 is 14.5 Å². The summed E-state index contributed by atoms with van der Waals surface area (Å²) < 4.78 is 18.9. The summed E-state index contributed by atoms with van der Waals surface area (Å²) in [7, 11) is 0. The first-order chi connectivity index (χ1) is 12.1. The second kappa shape index (κ2) is 6.41. The van der Waals surface area contributed by atoms with Crippen molar-refractivity contribution in [3.05, 3.63) is 35.6 Å². The molecule has 2 atom stereocenters. The van der Waals surface area contributed by atoms with Gasteiger partial charge in [-0.1, -0.05) is 12.1 Å². The summed E-state index contributed by atoms with van der Waals surface area (Å²) in [5, 5.41) is 0. The van der Waals surface area contributed by atoms with Crippen molar-refractivity contribution < 1.29 is 18.7 Å². The highest BCUT2D eigenvalue weighted by atomic mass is 19.1. The molecule has 5 nitrogen and oxygen atoms in total. The van der Waals surface area contributed by atoms with E-state index in [1.165, 1.54) is 12.1 Å². The predicted octanol–water partition coefficient (Wildman–Crippen LogP) is 1.96. The zero-order valence-electron chi connectivity index (χ0n) is 14.2. The number of carbonyl (C=O) groups excluding carboxylic acids is 2. The van der Waals surface area contributed by atoms with E-state index in [2.05, 4.69) is 0 Å². The van der Waals surface area contributed by atoms with Gasteiger partial charge in [-0.3, -0.25) is 9.59 Å². The number of likely N-dealkylation sites (tertiary alicyclic amines) is 2. The van der Waals surface area contributed by atoms with Crippen molar-refractivity contribution in [2.45, 2.75) is 38.3 Å². The normalized spacial score (nSPS) is 29.2. The number of amides is 2. The van der Waals surface area contributed by atoms with Gasteiger partial charge in [0, 0.05) is 32.8 Å². The highest BCUT2D eigenvalue weighted by molar-refractivity contribution is 5.88. The van der Waals surface area contributed by atoms with E-state index in [9.17, 15) is 14.0 Å². The minimum absolute atomic E-state index is 0.0331. The predicted molar refractivity (Wildman–Crippen MR) is 89.0 cm³/mol. The van der Waals surface area contributed by atoms with Crippen LogP contribution in [0.2, 0.25) is 0 Å². The van der Waals surface area contributed by atoms with E-state index in [1.807, 2.05) is 6.07 Å². The lowest BCUT2D eigenvalue weighted by atomic mass is 9.85. The molecular formula is C19H23FN2O3. The Balaban J connectivity index is 1.42. The Morgan fingerprint density at radius 3 is 2.92 bits per heavy atom. The van der Waals surface area contributed by atoms with Gasteiger partial charge in [0.2, 0.25) is 5.91 Å². The van der Waals surface area contributed by atoms with Crippen molar-refractivity contribution >= 4 is 11.8 Å². The molecule has 0 saturated carbocycles. The second-order valence-electron chi connectivity index (χ2n) is 7.40. The zero-order valence-corrected chi connectivity index (χ0v) is 14.2. The fourth-order valence-corrected chi connectivity index (χ4v) is 4.31. The molecule has 2 amide bonds. The quantitative estimate of drug-likeness (QED) is 0.841. The molecule has 0 unspecified atom stereocenters. The molecular weight excluding hydrogens is 323 g/mol. The summed E-state index contributed by atoms with van der Waals surface area (Å²) in [6.45, 7) is 2.85. The fraction of sp³-hybridized carbons (Fsp3) is 0.579. The van der Waals surface area contributed by atoms with Crippen molar-refractivity contribution in [1.82, 2.24) is 9.80 Å². The number of hydrogen-bond donors (Lipinski definition) is 0. The van der Waals surface area contributed by atoms with Gasteiger partial charge in [0.1, 0.15) is 11.9 Å². The Hall–Kier alpha value is -1.95. The minimum Gasteiger partial charge on any atom is -0.368 e. The van der Waals surface area contributed by atoms with E-state index < -0.39 is 5.41 Å². The summed E-state index contributed by atoms with van der Waals surface area (Å²) in [5.41, 5.74) is 0.345. The van der Waals surface area contributed by atoms with Crippen LogP contribution in [0.15, 0.2) is 24.3 Å². The first-order valence-electron chi connectivity index (χ1n) is 9.02. The van der Waals surface area contributed by atoms with Crippen LogP contribution in [0.4, 0.5) is 4.39 Å². The molecule has 4 rings (SSSR count). The molecule has 1 aromatic carbocycles. The van der Waals surface area contributed by atoms with Crippen LogP contribution in [0, 0.1) is 11.2 Å². The lowest BCUT2D eigenvalue weighted by molar-refractivity contribution is -0.141. The van der Waals surface area contributed by atoms with Crippen molar-refractivity contribution in [2.75, 3.05) is 26.2 Å². The summed E-state index contributed by atoms with van der Waals surface area (Å²) in [5.74, 6) is -0.154. The molecule has 1 aromatic rings. The van der Waals surface area contributed by atoms with Gasteiger partial charge in [0.15, 0.2) is 0 Å². The Morgan fingerprint density at radius 1 is 1.32 bits per heavy atom. The molecule has 1 spiro atoms. The Bertz CT molecular complexity index is 689.